The molecule has 0 bridgehead atoms. The first-order chi connectivity index (χ1) is 21.7. The number of ether oxygens (including phenoxy) is 3. The lowest BCUT2D eigenvalue weighted by Crippen LogP contribution is -2.71. The number of anilines is 1. The number of hydrogen-bond acceptors (Lipinski definition) is 14. The number of aryl methyl sites for hydroxylation is 1. The molecule has 0 spiro atoms. The van der Waals surface area contributed by atoms with Crippen molar-refractivity contribution in [2.75, 3.05) is 11.5 Å². The topological polar surface area (TPSA) is 196 Å². The van der Waals surface area contributed by atoms with Crippen molar-refractivity contribution in [2.45, 2.75) is 69.8 Å². The molecule has 16 heteroatoms. The number of nitrogens with two attached hydrogens (primary N) is 1. The number of rotatable bonds is 9. The molecule has 0 aromatic carbocycles. The Labute approximate surface area is 266 Å². The number of fused-ring (bicyclic) bond motifs is 1. The van der Waals surface area contributed by atoms with E-state index in [-0.39, 0.29) is 28.4 Å². The summed E-state index contributed by atoms with van der Waals surface area (Å²) in [4.78, 5) is 61.7. The van der Waals surface area contributed by atoms with Gasteiger partial charge in [-0.25, -0.2) is 14.6 Å². The third-order valence-electron chi connectivity index (χ3n) is 7.42. The van der Waals surface area contributed by atoms with E-state index < -0.39 is 47.4 Å². The van der Waals surface area contributed by atoms with Crippen LogP contribution in [0, 0.1) is 6.92 Å². The number of thioether (sulfide) groups is 1. The summed E-state index contributed by atoms with van der Waals surface area (Å²) in [5.74, 6) is -2.04. The first-order valence-electron chi connectivity index (χ1n) is 14.3. The van der Waals surface area contributed by atoms with Gasteiger partial charge in [0, 0.05) is 29.9 Å². The maximum atomic E-state index is 13.6. The number of esters is 1. The van der Waals surface area contributed by atoms with Gasteiger partial charge in [-0.05, 0) is 49.8 Å². The van der Waals surface area contributed by atoms with Gasteiger partial charge < -0.3 is 30.5 Å². The lowest BCUT2D eigenvalue weighted by Gasteiger charge is -2.49. The first kappa shape index (κ1) is 32.0. The van der Waals surface area contributed by atoms with Crippen LogP contribution in [0.15, 0.2) is 46.2 Å². The molecule has 1 aliphatic carbocycles. The molecular formula is C29H32N6O8S2. The van der Waals surface area contributed by atoms with E-state index in [1.165, 1.54) is 29.0 Å². The summed E-state index contributed by atoms with van der Waals surface area (Å²) in [7, 11) is 0. The summed E-state index contributed by atoms with van der Waals surface area (Å²) < 4.78 is 16.0. The number of carbonyl (C=O) groups is 4. The number of nitrogens with one attached hydrogen (secondary N) is 1. The fraction of sp³-hybridized carbons (Fsp3) is 0.414. The number of aromatic nitrogens is 2. The Morgan fingerprint density at radius 1 is 1.22 bits per heavy atom. The number of carbonyl (C=O) groups excluding carboxylic acids is 4. The molecule has 2 aliphatic heterocycles. The number of hydrogen-bond donors (Lipinski definition) is 3. The Morgan fingerprint density at radius 3 is 2.69 bits per heavy atom. The number of oxime groups is 1. The molecule has 3 atom stereocenters. The van der Waals surface area contributed by atoms with Crippen molar-refractivity contribution in [3.8, 4) is 0 Å². The Hall–Kier alpha value is -4.44. The van der Waals surface area contributed by atoms with Gasteiger partial charge in [-0.15, -0.1) is 23.1 Å². The lowest BCUT2D eigenvalue weighted by atomic mass is 9.98. The predicted molar refractivity (Wildman–Crippen MR) is 165 cm³/mol. The van der Waals surface area contributed by atoms with Gasteiger partial charge in [-0.2, -0.15) is 0 Å². The maximum Gasteiger partial charge on any atom is 0.511 e. The summed E-state index contributed by atoms with van der Waals surface area (Å²) in [5, 5.41) is 16.0. The summed E-state index contributed by atoms with van der Waals surface area (Å²) in [6.07, 6.45) is 7.18. The molecule has 5 rings (SSSR count). The van der Waals surface area contributed by atoms with Crippen LogP contribution in [0.2, 0.25) is 0 Å². The van der Waals surface area contributed by atoms with Crippen molar-refractivity contribution in [3.63, 3.8) is 0 Å². The Bertz CT molecular complexity index is 1570. The Morgan fingerprint density at radius 2 is 2.00 bits per heavy atom. The second kappa shape index (κ2) is 14.1. The van der Waals surface area contributed by atoms with Crippen molar-refractivity contribution >= 4 is 64.0 Å². The minimum Gasteiger partial charge on any atom is -0.431 e. The average molecular weight is 657 g/mol. The molecule has 238 valence electrons. The molecule has 3 aliphatic rings. The van der Waals surface area contributed by atoms with Gasteiger partial charge >= 0.3 is 12.1 Å². The zero-order valence-electron chi connectivity index (χ0n) is 24.5. The van der Waals surface area contributed by atoms with Crippen LogP contribution in [-0.2, 0) is 28.6 Å². The molecule has 2 amide bonds. The third kappa shape index (κ3) is 7.28. The quantitative estimate of drug-likeness (QED) is 0.0891. The van der Waals surface area contributed by atoms with E-state index in [4.69, 9.17) is 19.9 Å². The van der Waals surface area contributed by atoms with Gasteiger partial charge in [0.05, 0.1) is 0 Å². The first-order valence-corrected chi connectivity index (χ1v) is 16.2. The lowest BCUT2D eigenvalue weighted by molar-refractivity contribution is -0.169. The van der Waals surface area contributed by atoms with Gasteiger partial charge in [-0.3, -0.25) is 19.5 Å². The number of nitrogen functional groups attached to an aromatic ring is 1. The number of pyridine rings is 1. The van der Waals surface area contributed by atoms with E-state index in [2.05, 4.69) is 20.4 Å². The van der Waals surface area contributed by atoms with Crippen molar-refractivity contribution < 1.29 is 38.6 Å². The van der Waals surface area contributed by atoms with Crippen molar-refractivity contribution in [1.82, 2.24) is 20.2 Å². The van der Waals surface area contributed by atoms with Crippen LogP contribution in [0.25, 0.3) is 6.08 Å². The van der Waals surface area contributed by atoms with E-state index >= 15 is 0 Å². The van der Waals surface area contributed by atoms with Crippen LogP contribution in [0.3, 0.4) is 0 Å². The largest absolute Gasteiger partial charge is 0.511 e. The smallest absolute Gasteiger partial charge is 0.431 e. The summed E-state index contributed by atoms with van der Waals surface area (Å²) >= 11 is 2.38. The Balaban J connectivity index is 1.33. The third-order valence-corrected chi connectivity index (χ3v) is 9.40. The van der Waals surface area contributed by atoms with Crippen LogP contribution in [0.1, 0.15) is 56.0 Å². The predicted octanol–water partition coefficient (Wildman–Crippen LogP) is 3.35. The van der Waals surface area contributed by atoms with Crippen LogP contribution in [0.5, 0.6) is 0 Å². The van der Waals surface area contributed by atoms with E-state index in [0.717, 1.165) is 54.7 Å². The SMILES string of the molecule is Cc1ncccc1/C=C\C1=C(C(=O)OC(C)OC(=O)OC2CCCCC2)N2C(=O)[C@@H](NC(=O)C(=NO)c3csc(N)n3)[C@@H]2SC1. The minimum absolute atomic E-state index is 0.0496. The number of β-lactam (4-membered cyclic amide) rings is 1. The summed E-state index contributed by atoms with van der Waals surface area (Å²) in [5.41, 5.74) is 7.28. The van der Waals surface area contributed by atoms with Gasteiger partial charge in [0.2, 0.25) is 6.29 Å². The molecule has 2 aromatic heterocycles. The van der Waals surface area contributed by atoms with E-state index in [1.54, 1.807) is 24.4 Å². The highest BCUT2D eigenvalue weighted by Gasteiger charge is 2.54. The maximum absolute atomic E-state index is 13.6. The highest BCUT2D eigenvalue weighted by atomic mass is 32.2. The number of nitrogens with zero attached hydrogens (tertiary/aromatic N) is 4. The molecule has 2 aromatic rings. The summed E-state index contributed by atoms with van der Waals surface area (Å²) in [6.45, 7) is 3.22. The standard InChI is InChI=1S/C29H32N6O8S2/c1-15-17(7-6-12-31-15)10-11-18-13-44-26-22(33-24(36)21(34-40)20-14-45-28(30)32-20)25(37)35(26)23(18)27(38)41-16(2)42-29(39)43-19-8-4-3-5-9-19/h6-7,10-12,14,16,19,22,26,40H,3-5,8-9,13H2,1-2H3,(H2,30,32)(H,33,36)/b11-10-,34-21?/t16?,22-,26+/m1/s1. The van der Waals surface area contributed by atoms with Crippen molar-refractivity contribution in [1.29, 1.82) is 0 Å². The van der Waals surface area contributed by atoms with E-state index in [9.17, 15) is 24.4 Å². The average Bonchev–Trinajstić information content (AvgIpc) is 3.45. The van der Waals surface area contributed by atoms with Crippen LogP contribution < -0.4 is 11.1 Å². The van der Waals surface area contributed by atoms with Crippen LogP contribution >= 0.6 is 23.1 Å². The van der Waals surface area contributed by atoms with Crippen LogP contribution in [0.4, 0.5) is 9.93 Å². The second-order valence-electron chi connectivity index (χ2n) is 10.5. The zero-order chi connectivity index (χ0) is 32.1. The molecule has 4 N–H and O–H groups in total. The van der Waals surface area contributed by atoms with Crippen LogP contribution in [-0.4, -0.2) is 79.3 Å². The Kier molecular flexibility index (Phi) is 10.0. The van der Waals surface area contributed by atoms with Crippen molar-refractivity contribution in [2.24, 2.45) is 5.16 Å². The fourth-order valence-corrected chi connectivity index (χ4v) is 7.02. The molecule has 14 nitrogen and oxygen atoms in total. The number of thiazole rings is 1. The fourth-order valence-electron chi connectivity index (χ4n) is 5.16. The number of allylic oxidation sites excluding steroid dienone is 1. The van der Waals surface area contributed by atoms with Gasteiger partial charge in [0.15, 0.2) is 10.8 Å². The molecule has 0 radical (unpaired) electrons. The van der Waals surface area contributed by atoms with Gasteiger partial charge in [-0.1, -0.05) is 29.8 Å². The highest BCUT2D eigenvalue weighted by Crippen LogP contribution is 2.41. The molecule has 1 saturated carbocycles. The highest BCUT2D eigenvalue weighted by molar-refractivity contribution is 8.00. The second-order valence-corrected chi connectivity index (χ2v) is 12.5. The molecular weight excluding hydrogens is 624 g/mol. The van der Waals surface area contributed by atoms with E-state index in [1.807, 2.05) is 13.0 Å². The summed E-state index contributed by atoms with van der Waals surface area (Å²) in [6, 6.07) is 2.60. The molecule has 4 heterocycles. The molecule has 45 heavy (non-hydrogen) atoms. The zero-order valence-corrected chi connectivity index (χ0v) is 26.1. The molecule has 1 saturated heterocycles. The molecule has 1 unspecified atom stereocenters. The normalized spacial score (nSPS) is 21.2. The van der Waals surface area contributed by atoms with Gasteiger partial charge in [0.1, 0.15) is 28.9 Å². The molecule has 2 fully saturated rings. The van der Waals surface area contributed by atoms with Crippen molar-refractivity contribution in [3.05, 3.63) is 58.0 Å². The van der Waals surface area contributed by atoms with E-state index in [0.29, 0.717) is 5.57 Å². The number of amides is 2. The minimum atomic E-state index is -1.30. The van der Waals surface area contributed by atoms with Gasteiger partial charge in [0.25, 0.3) is 11.8 Å². The monoisotopic (exact) mass is 656 g/mol.